The first-order valence-corrected chi connectivity index (χ1v) is 5.37. The van der Waals surface area contributed by atoms with Crippen LogP contribution in [0.1, 0.15) is 19.4 Å². The molecule has 1 aromatic heterocycles. The van der Waals surface area contributed by atoms with E-state index in [2.05, 4.69) is 16.0 Å². The van der Waals surface area contributed by atoms with Gasteiger partial charge in [-0.1, -0.05) is 19.9 Å². The van der Waals surface area contributed by atoms with Gasteiger partial charge in [-0.15, -0.1) is 0 Å². The minimum atomic E-state index is 0.728. The van der Waals surface area contributed by atoms with Gasteiger partial charge in [0, 0.05) is 26.9 Å². The molecule has 15 heavy (non-hydrogen) atoms. The second-order valence-electron chi connectivity index (χ2n) is 3.11. The maximum absolute atomic E-state index is 4.99. The zero-order chi connectivity index (χ0) is 11.7. The standard InChI is InChI=1S/C10H16N2O.C2H6/c1-9-4-5-10(11-8-9)12(2)6-7-13-3;1-2/h4-5,8H,6-7H2,1-3H3;1-2H3. The molecular weight excluding hydrogens is 188 g/mol. The highest BCUT2D eigenvalue weighted by molar-refractivity contribution is 5.37. The van der Waals surface area contributed by atoms with E-state index in [4.69, 9.17) is 4.74 Å². The average molecular weight is 210 g/mol. The summed E-state index contributed by atoms with van der Waals surface area (Å²) < 4.78 is 4.99. The second-order valence-corrected chi connectivity index (χ2v) is 3.11. The van der Waals surface area contributed by atoms with E-state index >= 15 is 0 Å². The number of pyridine rings is 1. The van der Waals surface area contributed by atoms with Crippen molar-refractivity contribution in [3.05, 3.63) is 23.9 Å². The number of ether oxygens (including phenoxy) is 1. The summed E-state index contributed by atoms with van der Waals surface area (Å²) >= 11 is 0. The molecule has 0 N–H and O–H groups in total. The lowest BCUT2D eigenvalue weighted by Gasteiger charge is -2.17. The lowest BCUT2D eigenvalue weighted by Crippen LogP contribution is -2.22. The van der Waals surface area contributed by atoms with Gasteiger partial charge in [-0.3, -0.25) is 0 Å². The zero-order valence-electron chi connectivity index (χ0n) is 10.4. The van der Waals surface area contributed by atoms with Crippen molar-refractivity contribution in [2.75, 3.05) is 32.2 Å². The van der Waals surface area contributed by atoms with Crippen molar-refractivity contribution in [3.8, 4) is 0 Å². The molecule has 3 nitrogen and oxygen atoms in total. The molecule has 0 saturated carbocycles. The summed E-state index contributed by atoms with van der Waals surface area (Å²) in [6.45, 7) is 7.63. The molecule has 0 amide bonds. The van der Waals surface area contributed by atoms with Crippen molar-refractivity contribution in [2.24, 2.45) is 0 Å². The Kier molecular flexibility index (Phi) is 7.64. The highest BCUT2D eigenvalue weighted by atomic mass is 16.5. The van der Waals surface area contributed by atoms with Crippen LogP contribution in [0, 0.1) is 6.92 Å². The van der Waals surface area contributed by atoms with Gasteiger partial charge in [0.05, 0.1) is 6.61 Å². The first-order valence-electron chi connectivity index (χ1n) is 5.37. The molecule has 0 radical (unpaired) electrons. The first kappa shape index (κ1) is 13.9. The quantitative estimate of drug-likeness (QED) is 0.763. The van der Waals surface area contributed by atoms with Crippen LogP contribution in [0.5, 0.6) is 0 Å². The molecule has 0 aliphatic heterocycles. The van der Waals surface area contributed by atoms with Gasteiger partial charge >= 0.3 is 0 Å². The summed E-state index contributed by atoms with van der Waals surface area (Å²) in [7, 11) is 3.72. The van der Waals surface area contributed by atoms with E-state index in [0.717, 1.165) is 19.0 Å². The summed E-state index contributed by atoms with van der Waals surface area (Å²) in [5, 5.41) is 0. The molecule has 0 saturated heterocycles. The molecule has 0 fully saturated rings. The van der Waals surface area contributed by atoms with Crippen molar-refractivity contribution in [1.29, 1.82) is 0 Å². The average Bonchev–Trinajstić information content (AvgIpc) is 2.29. The summed E-state index contributed by atoms with van der Waals surface area (Å²) in [5.74, 6) is 0.989. The third kappa shape index (κ3) is 5.37. The molecule has 0 atom stereocenters. The van der Waals surface area contributed by atoms with Crippen molar-refractivity contribution in [3.63, 3.8) is 0 Å². The second kappa shape index (κ2) is 8.24. The van der Waals surface area contributed by atoms with Gasteiger partial charge in [-0.2, -0.15) is 0 Å². The number of aromatic nitrogens is 1. The van der Waals surface area contributed by atoms with Gasteiger partial charge in [-0.05, 0) is 18.6 Å². The fourth-order valence-electron chi connectivity index (χ4n) is 1.03. The Morgan fingerprint density at radius 2 is 2.00 bits per heavy atom. The lowest BCUT2D eigenvalue weighted by molar-refractivity contribution is 0.206. The highest BCUT2D eigenvalue weighted by Crippen LogP contribution is 2.07. The highest BCUT2D eigenvalue weighted by Gasteiger charge is 1.99. The molecule has 0 aliphatic rings. The monoisotopic (exact) mass is 210 g/mol. The van der Waals surface area contributed by atoms with Crippen LogP contribution in [0.4, 0.5) is 5.82 Å². The van der Waals surface area contributed by atoms with Crippen LogP contribution in [0.15, 0.2) is 18.3 Å². The van der Waals surface area contributed by atoms with Crippen LogP contribution in [-0.4, -0.2) is 32.3 Å². The van der Waals surface area contributed by atoms with Gasteiger partial charge in [-0.25, -0.2) is 4.98 Å². The predicted molar refractivity (Wildman–Crippen MR) is 65.5 cm³/mol. The molecule has 0 spiro atoms. The van der Waals surface area contributed by atoms with Crippen molar-refractivity contribution >= 4 is 5.82 Å². The predicted octanol–water partition coefficient (Wildman–Crippen LogP) is 2.50. The van der Waals surface area contributed by atoms with Gasteiger partial charge in [0.25, 0.3) is 0 Å². The van der Waals surface area contributed by atoms with Crippen molar-refractivity contribution in [1.82, 2.24) is 4.98 Å². The Labute approximate surface area is 93.1 Å². The van der Waals surface area contributed by atoms with Crippen LogP contribution in [0.25, 0.3) is 0 Å². The Morgan fingerprint density at radius 1 is 1.33 bits per heavy atom. The normalized spacial score (nSPS) is 9.13. The molecular formula is C12H22N2O. The summed E-state index contributed by atoms with van der Waals surface area (Å²) in [4.78, 5) is 6.37. The van der Waals surface area contributed by atoms with Crippen LogP contribution >= 0.6 is 0 Å². The number of likely N-dealkylation sites (N-methyl/N-ethyl adjacent to an activating group) is 1. The van der Waals surface area contributed by atoms with E-state index in [9.17, 15) is 0 Å². The lowest BCUT2D eigenvalue weighted by atomic mass is 10.3. The minimum absolute atomic E-state index is 0.728. The molecule has 3 heteroatoms. The topological polar surface area (TPSA) is 25.4 Å². The Morgan fingerprint density at radius 3 is 2.47 bits per heavy atom. The van der Waals surface area contributed by atoms with Gasteiger partial charge < -0.3 is 9.64 Å². The number of hydrogen-bond acceptors (Lipinski definition) is 3. The molecule has 1 rings (SSSR count). The number of nitrogens with zero attached hydrogens (tertiary/aromatic N) is 2. The van der Waals surface area contributed by atoms with E-state index in [0.29, 0.717) is 0 Å². The maximum atomic E-state index is 4.99. The smallest absolute Gasteiger partial charge is 0.128 e. The number of aryl methyl sites for hydroxylation is 1. The first-order chi connectivity index (χ1) is 7.24. The van der Waals surface area contributed by atoms with Crippen LogP contribution in [0.2, 0.25) is 0 Å². The summed E-state index contributed by atoms with van der Waals surface area (Å²) in [6, 6.07) is 4.08. The molecule has 1 aromatic rings. The number of rotatable bonds is 4. The third-order valence-corrected chi connectivity index (χ3v) is 1.92. The zero-order valence-corrected chi connectivity index (χ0v) is 10.4. The molecule has 0 bridgehead atoms. The number of hydrogen-bond donors (Lipinski definition) is 0. The van der Waals surface area contributed by atoms with Crippen molar-refractivity contribution in [2.45, 2.75) is 20.8 Å². The fourth-order valence-corrected chi connectivity index (χ4v) is 1.03. The SMILES string of the molecule is CC.COCCN(C)c1ccc(C)cn1. The van der Waals surface area contributed by atoms with E-state index in [-0.39, 0.29) is 0 Å². The largest absolute Gasteiger partial charge is 0.383 e. The van der Waals surface area contributed by atoms with E-state index in [1.165, 1.54) is 5.56 Å². The van der Waals surface area contributed by atoms with Crippen LogP contribution < -0.4 is 4.90 Å². The third-order valence-electron chi connectivity index (χ3n) is 1.92. The fraction of sp³-hybridized carbons (Fsp3) is 0.583. The Bertz CT molecular complexity index is 246. The van der Waals surface area contributed by atoms with E-state index < -0.39 is 0 Å². The number of anilines is 1. The van der Waals surface area contributed by atoms with Gasteiger partial charge in [0.2, 0.25) is 0 Å². The Balaban J connectivity index is 0.000000921. The van der Waals surface area contributed by atoms with E-state index in [1.807, 2.05) is 40.1 Å². The van der Waals surface area contributed by atoms with Crippen LogP contribution in [0.3, 0.4) is 0 Å². The molecule has 1 heterocycles. The van der Waals surface area contributed by atoms with Crippen LogP contribution in [-0.2, 0) is 4.74 Å². The maximum Gasteiger partial charge on any atom is 0.128 e. The molecule has 0 aromatic carbocycles. The minimum Gasteiger partial charge on any atom is -0.383 e. The Hall–Kier alpha value is -1.09. The molecule has 0 aliphatic carbocycles. The van der Waals surface area contributed by atoms with Crippen molar-refractivity contribution < 1.29 is 4.74 Å². The summed E-state index contributed by atoms with van der Waals surface area (Å²) in [6.07, 6.45) is 1.87. The van der Waals surface area contributed by atoms with Gasteiger partial charge in [0.1, 0.15) is 5.82 Å². The van der Waals surface area contributed by atoms with Gasteiger partial charge in [0.15, 0.2) is 0 Å². The molecule has 86 valence electrons. The van der Waals surface area contributed by atoms with E-state index in [1.54, 1.807) is 7.11 Å². The summed E-state index contributed by atoms with van der Waals surface area (Å²) in [5.41, 5.74) is 1.18. The number of methoxy groups -OCH3 is 1. The molecule has 0 unspecified atom stereocenters.